The zero-order valence-electron chi connectivity index (χ0n) is 16.9. The molecule has 0 radical (unpaired) electrons. The van der Waals surface area contributed by atoms with Crippen molar-refractivity contribution in [2.45, 2.75) is 0 Å². The first-order valence-electron chi connectivity index (χ1n) is 10.4. The van der Waals surface area contributed by atoms with Crippen molar-refractivity contribution < 1.29 is 4.57 Å². The summed E-state index contributed by atoms with van der Waals surface area (Å²) < 4.78 is 2.09. The first-order chi connectivity index (χ1) is 15.3. The van der Waals surface area contributed by atoms with E-state index in [0.717, 1.165) is 22.5 Å². The van der Waals surface area contributed by atoms with Crippen molar-refractivity contribution in [3.63, 3.8) is 0 Å². The molecule has 0 saturated heterocycles. The number of H-pyrrole nitrogens is 1. The van der Waals surface area contributed by atoms with Crippen molar-refractivity contribution in [3.05, 3.63) is 116 Å². The van der Waals surface area contributed by atoms with Gasteiger partial charge in [0.2, 0.25) is 0 Å². The summed E-state index contributed by atoms with van der Waals surface area (Å²) in [6.45, 7) is 0. The summed E-state index contributed by atoms with van der Waals surface area (Å²) in [6, 6.07) is 32.2. The Morgan fingerprint density at radius 2 is 1.39 bits per heavy atom. The van der Waals surface area contributed by atoms with Crippen molar-refractivity contribution in [3.8, 4) is 28.1 Å². The molecule has 0 atom stereocenters. The van der Waals surface area contributed by atoms with E-state index in [1.165, 1.54) is 27.1 Å². The maximum Gasteiger partial charge on any atom is 0.291 e. The highest BCUT2D eigenvalue weighted by Gasteiger charge is 2.10. The van der Waals surface area contributed by atoms with Crippen LogP contribution in [0.3, 0.4) is 0 Å². The Bertz CT molecular complexity index is 1530. The van der Waals surface area contributed by atoms with Crippen molar-refractivity contribution in [2.24, 2.45) is 0 Å². The van der Waals surface area contributed by atoms with Crippen LogP contribution in [0.25, 0.3) is 49.6 Å². The van der Waals surface area contributed by atoms with Crippen LogP contribution < -0.4 is 4.57 Å². The summed E-state index contributed by atoms with van der Waals surface area (Å²) in [4.78, 5) is 7.80. The Kier molecular flexibility index (Phi) is 4.10. The van der Waals surface area contributed by atoms with Gasteiger partial charge in [0.25, 0.3) is 6.33 Å². The van der Waals surface area contributed by atoms with Gasteiger partial charge in [0.05, 0.1) is 5.56 Å². The quantitative estimate of drug-likeness (QED) is 0.347. The number of rotatable bonds is 3. The molecule has 0 saturated carbocycles. The smallest absolute Gasteiger partial charge is 0.291 e. The van der Waals surface area contributed by atoms with Gasteiger partial charge >= 0.3 is 0 Å². The third kappa shape index (κ3) is 3.26. The van der Waals surface area contributed by atoms with Crippen molar-refractivity contribution in [1.82, 2.24) is 9.97 Å². The predicted octanol–water partition coefficient (Wildman–Crippen LogP) is 6.33. The Morgan fingerprint density at radius 3 is 2.26 bits per heavy atom. The molecule has 0 unspecified atom stereocenters. The van der Waals surface area contributed by atoms with Gasteiger partial charge < -0.3 is 4.98 Å². The number of nitrogens with zero attached hydrogens (tertiary/aromatic N) is 2. The van der Waals surface area contributed by atoms with Crippen molar-refractivity contribution in [2.75, 3.05) is 0 Å². The second-order valence-electron chi connectivity index (χ2n) is 7.78. The van der Waals surface area contributed by atoms with Gasteiger partial charge in [-0.3, -0.25) is 0 Å². The molecule has 3 nitrogen and oxygen atoms in total. The van der Waals surface area contributed by atoms with Crippen LogP contribution in [-0.2, 0) is 0 Å². The van der Waals surface area contributed by atoms with Crippen LogP contribution in [0.5, 0.6) is 0 Å². The van der Waals surface area contributed by atoms with E-state index in [1.807, 2.05) is 24.8 Å². The minimum atomic E-state index is 1.09. The Morgan fingerprint density at radius 1 is 0.613 bits per heavy atom. The van der Waals surface area contributed by atoms with E-state index in [0.29, 0.717) is 0 Å². The normalized spacial score (nSPS) is 11.2. The van der Waals surface area contributed by atoms with Crippen LogP contribution in [0.4, 0.5) is 0 Å². The lowest BCUT2D eigenvalue weighted by molar-refractivity contribution is -0.598. The third-order valence-electron chi connectivity index (χ3n) is 5.80. The molecule has 0 aliphatic rings. The first kappa shape index (κ1) is 17.6. The molecular formula is C28H20N3+. The molecule has 6 rings (SSSR count). The van der Waals surface area contributed by atoms with Gasteiger partial charge in [0.1, 0.15) is 11.9 Å². The van der Waals surface area contributed by atoms with E-state index < -0.39 is 0 Å². The molecule has 2 heterocycles. The largest absolute Gasteiger partial charge is 0.361 e. The van der Waals surface area contributed by atoms with Crippen LogP contribution in [0.15, 0.2) is 116 Å². The van der Waals surface area contributed by atoms with Gasteiger partial charge in [-0.25, -0.2) is 4.57 Å². The average Bonchev–Trinajstić information content (AvgIpc) is 3.38. The highest BCUT2D eigenvalue weighted by molar-refractivity contribution is 5.88. The minimum Gasteiger partial charge on any atom is -0.361 e. The number of hydrogen-bond donors (Lipinski definition) is 1. The van der Waals surface area contributed by atoms with Crippen molar-refractivity contribution >= 4 is 21.5 Å². The van der Waals surface area contributed by atoms with E-state index >= 15 is 0 Å². The van der Waals surface area contributed by atoms with Crippen LogP contribution in [-0.4, -0.2) is 9.97 Å². The minimum absolute atomic E-state index is 1.09. The summed E-state index contributed by atoms with van der Waals surface area (Å²) in [5.74, 6) is 0. The topological polar surface area (TPSA) is 32.6 Å². The first-order valence-corrected chi connectivity index (χ1v) is 10.4. The lowest BCUT2D eigenvalue weighted by Gasteiger charge is -2.06. The summed E-state index contributed by atoms with van der Waals surface area (Å²) in [7, 11) is 0. The number of hydrogen-bond acceptors (Lipinski definition) is 1. The Balaban J connectivity index is 1.42. The Hall–Kier alpha value is -4.24. The van der Waals surface area contributed by atoms with Gasteiger partial charge in [-0.2, -0.15) is 0 Å². The molecule has 1 N–H and O–H groups in total. The molecule has 0 spiro atoms. The second-order valence-corrected chi connectivity index (χ2v) is 7.78. The van der Waals surface area contributed by atoms with Gasteiger partial charge in [-0.15, -0.1) is 0 Å². The molecule has 31 heavy (non-hydrogen) atoms. The second kappa shape index (κ2) is 7.22. The van der Waals surface area contributed by atoms with E-state index in [1.54, 1.807) is 0 Å². The zero-order chi connectivity index (χ0) is 20.6. The highest BCUT2D eigenvalue weighted by Crippen LogP contribution is 2.25. The summed E-state index contributed by atoms with van der Waals surface area (Å²) >= 11 is 0. The average molecular weight is 398 g/mol. The maximum absolute atomic E-state index is 4.51. The van der Waals surface area contributed by atoms with Gasteiger partial charge in [0.15, 0.2) is 6.20 Å². The van der Waals surface area contributed by atoms with Crippen LogP contribution in [0.1, 0.15) is 0 Å². The van der Waals surface area contributed by atoms with Gasteiger partial charge in [-0.05, 0) is 69.1 Å². The fourth-order valence-electron chi connectivity index (χ4n) is 4.13. The monoisotopic (exact) mass is 398 g/mol. The van der Waals surface area contributed by atoms with Crippen LogP contribution in [0.2, 0.25) is 0 Å². The molecule has 0 amide bonds. The van der Waals surface area contributed by atoms with Crippen LogP contribution in [0, 0.1) is 0 Å². The molecule has 3 heteroatoms. The molecule has 0 aliphatic heterocycles. The number of aromatic amines is 1. The lowest BCUT2D eigenvalue weighted by atomic mass is 10.0. The lowest BCUT2D eigenvalue weighted by Crippen LogP contribution is -2.30. The van der Waals surface area contributed by atoms with E-state index in [-0.39, 0.29) is 0 Å². The number of fused-ring (bicyclic) bond motifs is 2. The molecule has 0 bridgehead atoms. The zero-order valence-corrected chi connectivity index (χ0v) is 16.9. The SMILES string of the molecule is c1c[nH]c(-c2ccc3ccc(-[n+]4cncc(-c5ccc6ccccc6c5)c4)cc3c2)c1. The predicted molar refractivity (Wildman–Crippen MR) is 126 cm³/mol. The number of benzene rings is 4. The third-order valence-corrected chi connectivity index (χ3v) is 5.80. The van der Waals surface area contributed by atoms with Gasteiger partial charge in [-0.1, -0.05) is 59.6 Å². The molecule has 146 valence electrons. The fourth-order valence-corrected chi connectivity index (χ4v) is 4.13. The summed E-state index contributed by atoms with van der Waals surface area (Å²) in [6.07, 6.45) is 7.88. The number of nitrogens with one attached hydrogen (secondary N) is 1. The number of aromatic nitrogens is 3. The molecule has 4 aromatic carbocycles. The van der Waals surface area contributed by atoms with Crippen molar-refractivity contribution in [1.29, 1.82) is 0 Å². The molecule has 2 aromatic heterocycles. The van der Waals surface area contributed by atoms with E-state index in [4.69, 9.17) is 0 Å². The van der Waals surface area contributed by atoms with Gasteiger partial charge in [0, 0.05) is 11.9 Å². The molecule has 0 fully saturated rings. The fraction of sp³-hybridized carbons (Fsp3) is 0. The highest BCUT2D eigenvalue weighted by atomic mass is 15.0. The Labute approximate surface area is 180 Å². The van der Waals surface area contributed by atoms with Crippen LogP contribution >= 0.6 is 0 Å². The molecule has 6 aromatic rings. The molecular weight excluding hydrogens is 378 g/mol. The summed E-state index contributed by atoms with van der Waals surface area (Å²) in [5, 5.41) is 4.90. The van der Waals surface area contributed by atoms with E-state index in [2.05, 4.69) is 106 Å². The maximum atomic E-state index is 4.51. The van der Waals surface area contributed by atoms with E-state index in [9.17, 15) is 0 Å². The summed E-state index contributed by atoms with van der Waals surface area (Å²) in [5.41, 5.74) is 5.65. The standard InChI is InChI=1S/C28H20N3/c1-2-5-22-14-23(9-7-20(22)4-1)26-17-29-19-31(18-26)27-12-11-21-8-10-24(15-25(21)16-27)28-6-3-13-30-28/h1-19,30H/q+1. The molecule has 0 aliphatic carbocycles.